The molecule has 6 nitrogen and oxygen atoms in total. The summed E-state index contributed by atoms with van der Waals surface area (Å²) in [6.45, 7) is 8.19. The van der Waals surface area contributed by atoms with Crippen molar-refractivity contribution in [3.05, 3.63) is 12.2 Å². The van der Waals surface area contributed by atoms with Gasteiger partial charge in [0.2, 0.25) is 0 Å². The molecular formula is C10H18N4O2S2. The third-order valence-electron chi connectivity index (χ3n) is 1.61. The summed E-state index contributed by atoms with van der Waals surface area (Å²) in [5.74, 6) is 0. The summed E-state index contributed by atoms with van der Waals surface area (Å²) in [4.78, 5) is 11.1. The molecule has 0 saturated heterocycles. The average Bonchev–Trinajstić information content (AvgIpc) is 2.25. The monoisotopic (exact) mass is 290 g/mol. The molecule has 0 atom stereocenters. The van der Waals surface area contributed by atoms with Crippen molar-refractivity contribution in [3.63, 3.8) is 0 Å². The molecule has 0 aliphatic heterocycles. The van der Waals surface area contributed by atoms with Crippen LogP contribution in [0, 0.1) is 0 Å². The Morgan fingerprint density at radius 2 is 2.06 bits per heavy atom. The molecule has 0 heterocycles. The number of nitrogens with zero attached hydrogens (tertiary/aromatic N) is 1. The van der Waals surface area contributed by atoms with E-state index in [9.17, 15) is 4.79 Å². The minimum Gasteiger partial charge on any atom is -0.450 e. The van der Waals surface area contributed by atoms with E-state index in [2.05, 4.69) is 27.4 Å². The van der Waals surface area contributed by atoms with Gasteiger partial charge < -0.3 is 10.1 Å². The van der Waals surface area contributed by atoms with Crippen molar-refractivity contribution >= 4 is 40.8 Å². The molecule has 102 valence electrons. The molecule has 8 heteroatoms. The van der Waals surface area contributed by atoms with Crippen molar-refractivity contribution in [2.45, 2.75) is 13.8 Å². The van der Waals surface area contributed by atoms with E-state index < -0.39 is 6.09 Å². The first-order valence-corrected chi connectivity index (χ1v) is 6.08. The van der Waals surface area contributed by atoms with Crippen molar-refractivity contribution in [2.75, 3.05) is 20.2 Å². The number of hydrogen-bond acceptors (Lipinski definition) is 4. The number of carbonyl (C=O) groups excluding carboxylic acids is 1. The van der Waals surface area contributed by atoms with Gasteiger partial charge in [-0.25, -0.2) is 4.79 Å². The van der Waals surface area contributed by atoms with E-state index in [1.165, 1.54) is 5.01 Å². The maximum atomic E-state index is 11.1. The molecule has 0 bridgehead atoms. The van der Waals surface area contributed by atoms with Crippen LogP contribution in [0.4, 0.5) is 4.79 Å². The summed E-state index contributed by atoms with van der Waals surface area (Å²) < 4.78 is 4.68. The Bertz CT molecular complexity index is 347. The smallest absolute Gasteiger partial charge is 0.413 e. The average molecular weight is 290 g/mol. The number of thiocarbonyl (C=S) groups is 2. The molecule has 0 spiro atoms. The van der Waals surface area contributed by atoms with Gasteiger partial charge in [-0.15, -0.1) is 0 Å². The summed E-state index contributed by atoms with van der Waals surface area (Å²) in [5, 5.41) is 7.32. The van der Waals surface area contributed by atoms with E-state index in [-0.39, 0.29) is 11.7 Å². The van der Waals surface area contributed by atoms with Crippen LogP contribution in [0.5, 0.6) is 0 Å². The summed E-state index contributed by atoms with van der Waals surface area (Å²) in [7, 11) is 1.67. The predicted molar refractivity (Wildman–Crippen MR) is 79.1 cm³/mol. The number of hydrogen-bond donors (Lipinski definition) is 3. The van der Waals surface area contributed by atoms with Crippen LogP contribution < -0.4 is 16.1 Å². The maximum absolute atomic E-state index is 11.1. The highest BCUT2D eigenvalue weighted by molar-refractivity contribution is 7.80. The second-order valence-corrected chi connectivity index (χ2v) is 4.26. The SMILES string of the molecule is C=C(C)CNC(=S)N(C)NC(=S)NC(=O)OCC. The summed E-state index contributed by atoms with van der Waals surface area (Å²) in [6, 6.07) is 0. The van der Waals surface area contributed by atoms with E-state index in [0.717, 1.165) is 5.57 Å². The van der Waals surface area contributed by atoms with Crippen molar-refractivity contribution in [3.8, 4) is 0 Å². The van der Waals surface area contributed by atoms with Crippen LogP contribution in [-0.4, -0.2) is 41.5 Å². The van der Waals surface area contributed by atoms with Gasteiger partial charge in [0.1, 0.15) is 0 Å². The Kier molecular flexibility index (Phi) is 7.97. The van der Waals surface area contributed by atoms with Gasteiger partial charge >= 0.3 is 6.09 Å². The fourth-order valence-corrected chi connectivity index (χ4v) is 1.17. The van der Waals surface area contributed by atoms with Gasteiger partial charge in [-0.2, -0.15) is 0 Å². The molecule has 0 rings (SSSR count). The van der Waals surface area contributed by atoms with Crippen LogP contribution >= 0.6 is 24.4 Å². The van der Waals surface area contributed by atoms with Crippen LogP contribution in [0.1, 0.15) is 13.8 Å². The number of alkyl carbamates (subject to hydrolysis) is 1. The van der Waals surface area contributed by atoms with Gasteiger partial charge in [-0.1, -0.05) is 12.2 Å². The van der Waals surface area contributed by atoms with Crippen molar-refractivity contribution in [1.29, 1.82) is 0 Å². The zero-order valence-corrected chi connectivity index (χ0v) is 12.3. The Labute approximate surface area is 118 Å². The van der Waals surface area contributed by atoms with Crippen LogP contribution in [0.25, 0.3) is 0 Å². The fourth-order valence-electron chi connectivity index (χ4n) is 0.836. The number of ether oxygens (including phenoxy) is 1. The highest BCUT2D eigenvalue weighted by atomic mass is 32.1. The van der Waals surface area contributed by atoms with E-state index in [1.54, 1.807) is 14.0 Å². The molecule has 3 N–H and O–H groups in total. The van der Waals surface area contributed by atoms with Crippen molar-refractivity contribution in [1.82, 2.24) is 21.1 Å². The number of hydrazine groups is 1. The van der Waals surface area contributed by atoms with Gasteiger partial charge in [-0.05, 0) is 38.3 Å². The maximum Gasteiger partial charge on any atom is 0.413 e. The number of amides is 1. The second-order valence-electron chi connectivity index (χ2n) is 3.46. The largest absolute Gasteiger partial charge is 0.450 e. The minimum absolute atomic E-state index is 0.107. The quantitative estimate of drug-likeness (QED) is 0.405. The first-order valence-electron chi connectivity index (χ1n) is 5.27. The Hall–Kier alpha value is -1.41. The van der Waals surface area contributed by atoms with Crippen molar-refractivity contribution in [2.24, 2.45) is 0 Å². The van der Waals surface area contributed by atoms with Crippen LogP contribution in [0.3, 0.4) is 0 Å². The Balaban J connectivity index is 4.02. The molecule has 18 heavy (non-hydrogen) atoms. The Morgan fingerprint density at radius 3 is 2.56 bits per heavy atom. The second kappa shape index (κ2) is 8.65. The summed E-state index contributed by atoms with van der Waals surface area (Å²) in [6.07, 6.45) is -0.607. The van der Waals surface area contributed by atoms with E-state index >= 15 is 0 Å². The zero-order chi connectivity index (χ0) is 14.1. The summed E-state index contributed by atoms with van der Waals surface area (Å²) in [5.41, 5.74) is 3.67. The molecule has 0 fully saturated rings. The molecule has 0 aromatic rings. The third kappa shape index (κ3) is 7.80. The molecule has 1 amide bonds. The molecule has 0 aliphatic carbocycles. The van der Waals surface area contributed by atoms with E-state index in [0.29, 0.717) is 11.7 Å². The molecule has 0 aromatic heterocycles. The molecule has 0 unspecified atom stereocenters. The fraction of sp³-hybridized carbons (Fsp3) is 0.500. The number of nitrogens with one attached hydrogen (secondary N) is 3. The van der Waals surface area contributed by atoms with E-state index in [1.807, 2.05) is 6.92 Å². The highest BCUT2D eigenvalue weighted by Gasteiger charge is 2.08. The lowest BCUT2D eigenvalue weighted by atomic mass is 10.3. The molecule has 0 radical (unpaired) electrons. The standard InChI is InChI=1S/C10H18N4O2S2/c1-5-16-10(15)12-8(17)13-14(4)9(18)11-6-7(2)3/h2,5-6H2,1,3-4H3,(H,11,18)(H2,12,13,15,17). The van der Waals surface area contributed by atoms with E-state index in [4.69, 9.17) is 24.4 Å². The predicted octanol–water partition coefficient (Wildman–Crippen LogP) is 0.904. The lowest BCUT2D eigenvalue weighted by Gasteiger charge is -2.23. The zero-order valence-electron chi connectivity index (χ0n) is 10.7. The van der Waals surface area contributed by atoms with Crippen LogP contribution in [-0.2, 0) is 4.74 Å². The molecule has 0 saturated carbocycles. The van der Waals surface area contributed by atoms with Gasteiger partial charge in [0.15, 0.2) is 10.2 Å². The lowest BCUT2D eigenvalue weighted by molar-refractivity contribution is 0.157. The number of rotatable bonds is 3. The van der Waals surface area contributed by atoms with Crippen LogP contribution in [0.2, 0.25) is 0 Å². The molecular weight excluding hydrogens is 272 g/mol. The van der Waals surface area contributed by atoms with Crippen molar-refractivity contribution < 1.29 is 9.53 Å². The van der Waals surface area contributed by atoms with Crippen LogP contribution in [0.15, 0.2) is 12.2 Å². The number of carbonyl (C=O) groups is 1. The first-order chi connectivity index (χ1) is 8.36. The summed E-state index contributed by atoms with van der Waals surface area (Å²) >= 11 is 9.99. The Morgan fingerprint density at radius 1 is 1.44 bits per heavy atom. The third-order valence-corrected chi connectivity index (χ3v) is 2.22. The van der Waals surface area contributed by atoms with Gasteiger partial charge in [-0.3, -0.25) is 15.8 Å². The topological polar surface area (TPSA) is 65.6 Å². The lowest BCUT2D eigenvalue weighted by Crippen LogP contribution is -2.52. The molecule has 0 aliphatic rings. The minimum atomic E-state index is -0.607. The molecule has 0 aromatic carbocycles. The normalized spacial score (nSPS) is 9.06. The van der Waals surface area contributed by atoms with Gasteiger partial charge in [0.25, 0.3) is 0 Å². The van der Waals surface area contributed by atoms with Gasteiger partial charge in [0, 0.05) is 13.6 Å². The highest BCUT2D eigenvalue weighted by Crippen LogP contribution is 1.86. The van der Waals surface area contributed by atoms with Gasteiger partial charge in [0.05, 0.1) is 6.61 Å². The first kappa shape index (κ1) is 16.6.